The van der Waals surface area contributed by atoms with Crippen LogP contribution in [0.25, 0.3) is 0 Å². The number of benzene rings is 1. The quantitative estimate of drug-likeness (QED) is 0.450. The lowest BCUT2D eigenvalue weighted by Crippen LogP contribution is -2.45. The summed E-state index contributed by atoms with van der Waals surface area (Å²) in [5.41, 5.74) is 11.1. The van der Waals surface area contributed by atoms with E-state index in [1.54, 1.807) is 19.1 Å². The summed E-state index contributed by atoms with van der Waals surface area (Å²) in [5.74, 6) is -6.43. The average Bonchev–Trinajstić information content (AvgIpc) is 2.72. The Balaban J connectivity index is 2.36. The Kier molecular flexibility index (Phi) is 5.21. The van der Waals surface area contributed by atoms with Gasteiger partial charge in [0.25, 0.3) is 10.1 Å². The number of amides is 2. The van der Waals surface area contributed by atoms with Crippen molar-refractivity contribution >= 4 is 31.8 Å². The van der Waals surface area contributed by atoms with Crippen LogP contribution in [-0.2, 0) is 33.7 Å². The van der Waals surface area contributed by atoms with Crippen molar-refractivity contribution in [3.63, 3.8) is 0 Å². The number of rotatable bonds is 6. The number of aryl methyl sites for hydroxylation is 1. The molecule has 11 heteroatoms. The minimum atomic E-state index is -4.30. The van der Waals surface area contributed by atoms with Crippen LogP contribution < -0.4 is 11.5 Å². The third-order valence-corrected chi connectivity index (χ3v) is 7.02. The molecular weight excluding hydrogens is 372 g/mol. The number of carbonyl (C=O) groups excluding carboxylic acids is 2. The molecule has 0 saturated carbocycles. The zero-order valence-electron chi connectivity index (χ0n) is 13.3. The Morgan fingerprint density at radius 3 is 2.12 bits per heavy atom. The normalized spacial score (nSPS) is 22.8. The minimum absolute atomic E-state index is 0.171. The molecule has 1 aliphatic heterocycles. The summed E-state index contributed by atoms with van der Waals surface area (Å²) >= 11 is 0. The summed E-state index contributed by atoms with van der Waals surface area (Å²) in [6, 6.07) is 5.72. The topological polar surface area (TPSA) is 164 Å². The molecule has 1 saturated heterocycles. The molecule has 1 fully saturated rings. The van der Waals surface area contributed by atoms with E-state index in [2.05, 4.69) is 0 Å². The van der Waals surface area contributed by atoms with Crippen molar-refractivity contribution in [1.82, 2.24) is 0 Å². The van der Waals surface area contributed by atoms with Crippen LogP contribution in [0.3, 0.4) is 0 Å². The maximum Gasteiger partial charge on any atom is 0.297 e. The molecule has 9 nitrogen and oxygen atoms in total. The van der Waals surface area contributed by atoms with Gasteiger partial charge in [-0.3, -0.25) is 13.8 Å². The molecule has 2 rings (SSSR count). The number of hydrogen-bond acceptors (Lipinski definition) is 7. The van der Waals surface area contributed by atoms with Crippen LogP contribution in [0.5, 0.6) is 0 Å². The molecule has 2 amide bonds. The molecule has 0 aromatic heterocycles. The summed E-state index contributed by atoms with van der Waals surface area (Å²) in [5, 5.41) is 0. The molecule has 0 spiro atoms. The first-order valence-corrected chi connectivity index (χ1v) is 10.4. The maximum absolute atomic E-state index is 12.4. The molecule has 0 bridgehead atoms. The Labute approximate surface area is 145 Å². The highest BCUT2D eigenvalue weighted by atomic mass is 32.2. The van der Waals surface area contributed by atoms with Crippen molar-refractivity contribution < 1.29 is 30.6 Å². The molecular formula is C14H18N2O7S2. The minimum Gasteiger partial charge on any atom is -0.369 e. The van der Waals surface area contributed by atoms with Crippen LogP contribution in [0, 0.1) is 18.8 Å². The van der Waals surface area contributed by atoms with Gasteiger partial charge in [0.2, 0.25) is 11.8 Å². The standard InChI is InChI=1S/C14H18N2O7S2/c1-8-2-4-9(5-3-8)25(21,22)23-11-7-24(19,20)6-10(11)12(13(15)17)14(16)18/h2-5,10-12H,6-7H2,1H3,(H2,15,17)(H2,16,18)/t10-,11+/m0/s1. The van der Waals surface area contributed by atoms with E-state index in [0.717, 1.165) is 5.56 Å². The van der Waals surface area contributed by atoms with Gasteiger partial charge < -0.3 is 11.5 Å². The molecule has 1 heterocycles. The number of nitrogens with two attached hydrogens (primary N) is 2. The van der Waals surface area contributed by atoms with Crippen molar-refractivity contribution in [2.75, 3.05) is 11.5 Å². The zero-order chi connectivity index (χ0) is 19.0. The number of primary amides is 2. The van der Waals surface area contributed by atoms with Crippen LogP contribution in [0.2, 0.25) is 0 Å². The van der Waals surface area contributed by atoms with E-state index in [1.165, 1.54) is 12.1 Å². The first kappa shape index (κ1) is 19.3. The lowest BCUT2D eigenvalue weighted by molar-refractivity contribution is -0.134. The second-order valence-electron chi connectivity index (χ2n) is 5.93. The van der Waals surface area contributed by atoms with E-state index in [0.29, 0.717) is 0 Å². The van der Waals surface area contributed by atoms with Crippen molar-refractivity contribution in [3.05, 3.63) is 29.8 Å². The van der Waals surface area contributed by atoms with Gasteiger partial charge in [-0.05, 0) is 19.1 Å². The van der Waals surface area contributed by atoms with Crippen LogP contribution >= 0.6 is 0 Å². The van der Waals surface area contributed by atoms with E-state index in [4.69, 9.17) is 15.7 Å². The van der Waals surface area contributed by atoms with Gasteiger partial charge in [-0.1, -0.05) is 17.7 Å². The fourth-order valence-electron chi connectivity index (χ4n) is 2.74. The lowest BCUT2D eigenvalue weighted by Gasteiger charge is -2.22. The molecule has 4 N–H and O–H groups in total. The van der Waals surface area contributed by atoms with Crippen LogP contribution in [0.1, 0.15) is 5.56 Å². The van der Waals surface area contributed by atoms with Gasteiger partial charge in [0.1, 0.15) is 5.92 Å². The summed E-state index contributed by atoms with van der Waals surface area (Å²) in [6.45, 7) is 1.77. The largest absolute Gasteiger partial charge is 0.369 e. The molecule has 1 aliphatic rings. The zero-order valence-corrected chi connectivity index (χ0v) is 14.9. The summed E-state index contributed by atoms with van der Waals surface area (Å²) < 4.78 is 53.5. The fraction of sp³-hybridized carbons (Fsp3) is 0.429. The van der Waals surface area contributed by atoms with Crippen molar-refractivity contribution in [2.24, 2.45) is 23.3 Å². The molecule has 1 aromatic rings. The Morgan fingerprint density at radius 2 is 1.64 bits per heavy atom. The first-order chi connectivity index (χ1) is 11.4. The smallest absolute Gasteiger partial charge is 0.297 e. The van der Waals surface area contributed by atoms with E-state index >= 15 is 0 Å². The van der Waals surface area contributed by atoms with Gasteiger partial charge >= 0.3 is 0 Å². The van der Waals surface area contributed by atoms with Crippen molar-refractivity contribution in [2.45, 2.75) is 17.9 Å². The second-order valence-corrected chi connectivity index (χ2v) is 9.65. The van der Waals surface area contributed by atoms with E-state index in [1.807, 2.05) is 0 Å². The number of hydrogen-bond donors (Lipinski definition) is 2. The second kappa shape index (κ2) is 6.73. The SMILES string of the molecule is Cc1ccc(S(=O)(=O)O[C@@H]2CS(=O)(=O)C[C@@H]2C(C(N)=O)C(N)=O)cc1. The highest BCUT2D eigenvalue weighted by molar-refractivity contribution is 7.91. The van der Waals surface area contributed by atoms with Gasteiger partial charge in [0.05, 0.1) is 22.5 Å². The van der Waals surface area contributed by atoms with Crippen molar-refractivity contribution in [1.29, 1.82) is 0 Å². The van der Waals surface area contributed by atoms with Gasteiger partial charge in [0.15, 0.2) is 9.84 Å². The van der Waals surface area contributed by atoms with E-state index < -0.39 is 61.2 Å². The molecule has 1 aromatic carbocycles. The molecule has 0 aliphatic carbocycles. The number of carbonyl (C=O) groups is 2. The number of sulfone groups is 1. The van der Waals surface area contributed by atoms with Crippen LogP contribution in [0.15, 0.2) is 29.2 Å². The fourth-order valence-corrected chi connectivity index (χ4v) is 5.89. The summed E-state index contributed by atoms with van der Waals surface area (Å²) in [4.78, 5) is 22.8. The van der Waals surface area contributed by atoms with E-state index in [-0.39, 0.29) is 4.90 Å². The predicted molar refractivity (Wildman–Crippen MR) is 87.3 cm³/mol. The summed E-state index contributed by atoms with van der Waals surface area (Å²) in [6.07, 6.45) is -1.43. The van der Waals surface area contributed by atoms with Gasteiger partial charge in [-0.2, -0.15) is 8.42 Å². The first-order valence-electron chi connectivity index (χ1n) is 7.22. The Bertz CT molecular complexity index is 878. The van der Waals surface area contributed by atoms with E-state index in [9.17, 15) is 26.4 Å². The maximum atomic E-state index is 12.4. The Morgan fingerprint density at radius 1 is 1.12 bits per heavy atom. The lowest BCUT2D eigenvalue weighted by atomic mass is 9.89. The molecule has 2 atom stereocenters. The van der Waals surface area contributed by atoms with Gasteiger partial charge in [-0.15, -0.1) is 0 Å². The summed E-state index contributed by atoms with van der Waals surface area (Å²) in [7, 11) is -8.02. The molecule has 138 valence electrons. The highest BCUT2D eigenvalue weighted by Gasteiger charge is 2.48. The van der Waals surface area contributed by atoms with Crippen molar-refractivity contribution in [3.8, 4) is 0 Å². The molecule has 0 unspecified atom stereocenters. The third kappa shape index (κ3) is 4.35. The van der Waals surface area contributed by atoms with Gasteiger partial charge in [0, 0.05) is 5.92 Å². The van der Waals surface area contributed by atoms with Crippen LogP contribution in [0.4, 0.5) is 0 Å². The van der Waals surface area contributed by atoms with Crippen LogP contribution in [-0.4, -0.2) is 46.3 Å². The molecule has 25 heavy (non-hydrogen) atoms. The predicted octanol–water partition coefficient (Wildman–Crippen LogP) is -1.30. The third-order valence-electron chi connectivity index (χ3n) is 3.94. The highest BCUT2D eigenvalue weighted by Crippen LogP contribution is 2.31. The molecule has 0 radical (unpaired) electrons. The average molecular weight is 390 g/mol. The Hall–Kier alpha value is -1.98. The monoisotopic (exact) mass is 390 g/mol. The van der Waals surface area contributed by atoms with Gasteiger partial charge in [-0.25, -0.2) is 8.42 Å².